The Balaban J connectivity index is 0.00000156. The van der Waals surface area contributed by atoms with Crippen molar-refractivity contribution in [3.8, 4) is 0 Å². The van der Waals surface area contributed by atoms with Gasteiger partial charge in [-0.15, -0.1) is 12.4 Å². The standard InChI is InChI=1S/C19H26N2O.ClH/c20-9-11-21(10-8-13-4-2-1-3-5-13)19(22)18-16-14-6-7-15(12-14)17(16)18;/h1-5,14-18H,6-12,20H2;1H. The zero-order valence-electron chi connectivity index (χ0n) is 13.6. The third-order valence-electron chi connectivity index (χ3n) is 6.24. The van der Waals surface area contributed by atoms with Gasteiger partial charge in [-0.3, -0.25) is 4.79 Å². The van der Waals surface area contributed by atoms with Crippen molar-refractivity contribution in [2.75, 3.05) is 19.6 Å². The molecular weight excluding hydrogens is 308 g/mol. The lowest BCUT2D eigenvalue weighted by atomic mass is 10.0. The molecule has 0 saturated heterocycles. The second-order valence-corrected chi connectivity index (χ2v) is 7.36. The molecule has 3 nitrogen and oxygen atoms in total. The third-order valence-corrected chi connectivity index (χ3v) is 6.24. The van der Waals surface area contributed by atoms with Crippen LogP contribution in [0.5, 0.6) is 0 Å². The van der Waals surface area contributed by atoms with Crippen LogP contribution in [0.2, 0.25) is 0 Å². The first-order valence-electron chi connectivity index (χ1n) is 8.82. The molecule has 23 heavy (non-hydrogen) atoms. The summed E-state index contributed by atoms with van der Waals surface area (Å²) in [6, 6.07) is 10.4. The highest BCUT2D eigenvalue weighted by Gasteiger charge is 2.67. The number of nitrogens with zero attached hydrogens (tertiary/aromatic N) is 1. The molecule has 4 unspecified atom stereocenters. The molecule has 3 aliphatic rings. The van der Waals surface area contributed by atoms with Gasteiger partial charge in [0.2, 0.25) is 5.91 Å². The van der Waals surface area contributed by atoms with E-state index in [1.54, 1.807) is 0 Å². The van der Waals surface area contributed by atoms with E-state index in [0.717, 1.165) is 36.6 Å². The van der Waals surface area contributed by atoms with E-state index in [2.05, 4.69) is 24.3 Å². The Hall–Kier alpha value is -1.06. The lowest BCUT2D eigenvalue weighted by Gasteiger charge is -2.23. The number of amides is 1. The van der Waals surface area contributed by atoms with Crippen molar-refractivity contribution >= 4 is 18.3 Å². The highest BCUT2D eigenvalue weighted by Crippen LogP contribution is 2.69. The summed E-state index contributed by atoms with van der Waals surface area (Å²) >= 11 is 0. The predicted octanol–water partition coefficient (Wildman–Crippen LogP) is 2.73. The van der Waals surface area contributed by atoms with Crippen LogP contribution in [-0.2, 0) is 11.2 Å². The van der Waals surface area contributed by atoms with E-state index in [9.17, 15) is 4.79 Å². The van der Waals surface area contributed by atoms with Gasteiger partial charge in [-0.1, -0.05) is 30.3 Å². The summed E-state index contributed by atoms with van der Waals surface area (Å²) in [6.45, 7) is 2.08. The average Bonchev–Trinajstić information content (AvgIpc) is 2.99. The third kappa shape index (κ3) is 3.01. The molecule has 4 atom stereocenters. The van der Waals surface area contributed by atoms with Gasteiger partial charge in [0.1, 0.15) is 0 Å². The highest BCUT2D eigenvalue weighted by molar-refractivity contribution is 5.85. The number of carbonyl (C=O) groups excluding carboxylic acids is 1. The van der Waals surface area contributed by atoms with E-state index in [-0.39, 0.29) is 12.4 Å². The maximum absolute atomic E-state index is 12.9. The van der Waals surface area contributed by atoms with Crippen molar-refractivity contribution in [3.63, 3.8) is 0 Å². The van der Waals surface area contributed by atoms with Crippen molar-refractivity contribution in [2.24, 2.45) is 35.3 Å². The molecule has 3 saturated carbocycles. The number of hydrogen-bond donors (Lipinski definition) is 1. The van der Waals surface area contributed by atoms with E-state index in [0.29, 0.717) is 24.9 Å². The molecule has 3 aliphatic carbocycles. The fourth-order valence-electron chi connectivity index (χ4n) is 5.26. The fraction of sp³-hybridized carbons (Fsp3) is 0.632. The van der Waals surface area contributed by atoms with Crippen molar-refractivity contribution in [1.82, 2.24) is 4.90 Å². The molecule has 0 radical (unpaired) electrons. The Morgan fingerprint density at radius 3 is 2.35 bits per heavy atom. The summed E-state index contributed by atoms with van der Waals surface area (Å²) in [5.74, 6) is 3.91. The molecule has 126 valence electrons. The fourth-order valence-corrected chi connectivity index (χ4v) is 5.26. The van der Waals surface area contributed by atoms with Crippen LogP contribution in [0.15, 0.2) is 30.3 Å². The normalized spacial score (nSPS) is 33.0. The van der Waals surface area contributed by atoms with E-state index in [1.807, 2.05) is 11.0 Å². The van der Waals surface area contributed by atoms with Crippen LogP contribution in [0.4, 0.5) is 0 Å². The number of carbonyl (C=O) groups is 1. The zero-order chi connectivity index (χ0) is 15.1. The van der Waals surface area contributed by atoms with E-state index in [1.165, 1.54) is 24.8 Å². The Morgan fingerprint density at radius 1 is 1.09 bits per heavy atom. The summed E-state index contributed by atoms with van der Waals surface area (Å²) in [6.07, 6.45) is 5.08. The lowest BCUT2D eigenvalue weighted by molar-refractivity contribution is -0.133. The number of nitrogens with two attached hydrogens (primary N) is 1. The SMILES string of the molecule is Cl.NCCN(CCc1ccccc1)C(=O)C1C2C3CCC(C3)C12. The Bertz CT molecular complexity index is 534. The molecule has 0 spiro atoms. The maximum Gasteiger partial charge on any atom is 0.226 e. The smallest absolute Gasteiger partial charge is 0.226 e. The Morgan fingerprint density at radius 2 is 1.74 bits per heavy atom. The van der Waals surface area contributed by atoms with Gasteiger partial charge in [-0.05, 0) is 54.9 Å². The molecule has 1 aromatic rings. The predicted molar refractivity (Wildman–Crippen MR) is 94.3 cm³/mol. The first-order chi connectivity index (χ1) is 10.8. The minimum absolute atomic E-state index is 0. The second-order valence-electron chi connectivity index (χ2n) is 7.36. The molecular formula is C19H27ClN2O. The van der Waals surface area contributed by atoms with Gasteiger partial charge < -0.3 is 10.6 Å². The van der Waals surface area contributed by atoms with E-state index in [4.69, 9.17) is 5.73 Å². The van der Waals surface area contributed by atoms with Crippen molar-refractivity contribution in [3.05, 3.63) is 35.9 Å². The topological polar surface area (TPSA) is 46.3 Å². The first kappa shape index (κ1) is 16.8. The summed E-state index contributed by atoms with van der Waals surface area (Å²) in [7, 11) is 0. The summed E-state index contributed by atoms with van der Waals surface area (Å²) < 4.78 is 0. The zero-order valence-corrected chi connectivity index (χ0v) is 14.4. The van der Waals surface area contributed by atoms with Crippen LogP contribution < -0.4 is 5.73 Å². The van der Waals surface area contributed by atoms with Crippen molar-refractivity contribution in [1.29, 1.82) is 0 Å². The minimum atomic E-state index is 0. The molecule has 3 fully saturated rings. The van der Waals surface area contributed by atoms with Gasteiger partial charge in [0.05, 0.1) is 0 Å². The summed E-state index contributed by atoms with van der Waals surface area (Å²) in [5, 5.41) is 0. The summed E-state index contributed by atoms with van der Waals surface area (Å²) in [5.41, 5.74) is 7.04. The van der Waals surface area contributed by atoms with Crippen molar-refractivity contribution in [2.45, 2.75) is 25.7 Å². The van der Waals surface area contributed by atoms with E-state index >= 15 is 0 Å². The molecule has 2 bridgehead atoms. The Labute approximate surface area is 145 Å². The van der Waals surface area contributed by atoms with Crippen LogP contribution in [0, 0.1) is 29.6 Å². The number of halogens is 1. The van der Waals surface area contributed by atoms with Crippen molar-refractivity contribution < 1.29 is 4.79 Å². The van der Waals surface area contributed by atoms with Gasteiger partial charge >= 0.3 is 0 Å². The quantitative estimate of drug-likeness (QED) is 0.869. The summed E-state index contributed by atoms with van der Waals surface area (Å²) in [4.78, 5) is 15.0. The monoisotopic (exact) mass is 334 g/mol. The van der Waals surface area contributed by atoms with Crippen LogP contribution in [-0.4, -0.2) is 30.4 Å². The van der Waals surface area contributed by atoms with Gasteiger partial charge in [0.25, 0.3) is 0 Å². The number of benzene rings is 1. The number of rotatable bonds is 6. The van der Waals surface area contributed by atoms with Gasteiger partial charge in [0.15, 0.2) is 0 Å². The molecule has 2 N–H and O–H groups in total. The van der Waals surface area contributed by atoms with Crippen LogP contribution in [0.3, 0.4) is 0 Å². The molecule has 0 heterocycles. The average molecular weight is 335 g/mol. The van der Waals surface area contributed by atoms with Crippen LogP contribution >= 0.6 is 12.4 Å². The van der Waals surface area contributed by atoms with Gasteiger partial charge in [-0.2, -0.15) is 0 Å². The Kier molecular flexibility index (Phi) is 4.98. The molecule has 0 aromatic heterocycles. The number of fused-ring (bicyclic) bond motifs is 5. The largest absolute Gasteiger partial charge is 0.341 e. The second kappa shape index (κ2) is 6.82. The maximum atomic E-state index is 12.9. The van der Waals surface area contributed by atoms with Crippen LogP contribution in [0.1, 0.15) is 24.8 Å². The lowest BCUT2D eigenvalue weighted by Crippen LogP contribution is -2.39. The molecule has 4 heteroatoms. The van der Waals surface area contributed by atoms with Gasteiger partial charge in [0, 0.05) is 25.6 Å². The molecule has 1 amide bonds. The van der Waals surface area contributed by atoms with Gasteiger partial charge in [-0.25, -0.2) is 0 Å². The van der Waals surface area contributed by atoms with E-state index < -0.39 is 0 Å². The molecule has 1 aromatic carbocycles. The van der Waals surface area contributed by atoms with Crippen LogP contribution in [0.25, 0.3) is 0 Å². The minimum Gasteiger partial charge on any atom is -0.341 e. The number of hydrogen-bond acceptors (Lipinski definition) is 2. The first-order valence-corrected chi connectivity index (χ1v) is 8.82. The highest BCUT2D eigenvalue weighted by atomic mass is 35.5. The molecule has 4 rings (SSSR count). The molecule has 0 aliphatic heterocycles.